The van der Waals surface area contributed by atoms with E-state index in [9.17, 15) is 41.1 Å². The number of nitrogens with zero attached hydrogens (tertiary/aromatic N) is 5. The van der Waals surface area contributed by atoms with Crippen LogP contribution >= 0.6 is 11.6 Å². The van der Waals surface area contributed by atoms with Crippen LogP contribution in [-0.4, -0.2) is 108 Å². The Kier molecular flexibility index (Phi) is 10.7. The van der Waals surface area contributed by atoms with Crippen LogP contribution in [0.2, 0.25) is 5.02 Å². The van der Waals surface area contributed by atoms with E-state index in [0.717, 1.165) is 4.90 Å². The van der Waals surface area contributed by atoms with E-state index in [0.29, 0.717) is 55.5 Å². The first-order valence-corrected chi connectivity index (χ1v) is 21.4. The molecule has 15 nitrogen and oxygen atoms in total. The van der Waals surface area contributed by atoms with E-state index < -0.39 is 92.4 Å². The Morgan fingerprint density at radius 1 is 1.15 bits per heavy atom. The van der Waals surface area contributed by atoms with Gasteiger partial charge in [0.25, 0.3) is 5.91 Å². The molecule has 1 aromatic carbocycles. The molecule has 0 radical (unpaired) electrons. The summed E-state index contributed by atoms with van der Waals surface area (Å²) in [5, 5.41) is 14.0. The second kappa shape index (κ2) is 14.8. The van der Waals surface area contributed by atoms with Crippen LogP contribution in [0.25, 0.3) is 16.7 Å². The van der Waals surface area contributed by atoms with Crippen molar-refractivity contribution in [3.8, 4) is 5.88 Å². The van der Waals surface area contributed by atoms with E-state index in [-0.39, 0.29) is 41.7 Å². The van der Waals surface area contributed by atoms with Crippen LogP contribution in [0.15, 0.2) is 42.7 Å². The van der Waals surface area contributed by atoms with Gasteiger partial charge in [-0.15, -0.1) is 0 Å². The predicted molar refractivity (Wildman–Crippen MR) is 209 cm³/mol. The largest absolute Gasteiger partial charge is 0.472 e. The zero-order chi connectivity index (χ0) is 43.0. The first kappa shape index (κ1) is 42.5. The van der Waals surface area contributed by atoms with Crippen molar-refractivity contribution in [3.05, 3.63) is 47.8 Å². The number of amides is 4. The van der Waals surface area contributed by atoms with Crippen LogP contribution in [0.5, 0.6) is 5.88 Å². The Hall–Kier alpha value is -4.65. The highest BCUT2D eigenvalue weighted by Gasteiger charge is 2.64. The molecule has 3 aromatic rings. The summed E-state index contributed by atoms with van der Waals surface area (Å²) in [6.07, 6.45) is 0.177. The van der Waals surface area contributed by atoms with Gasteiger partial charge in [0.1, 0.15) is 29.3 Å². The molecule has 20 heteroatoms. The number of hydrogen-bond acceptors (Lipinski definition) is 9. The highest BCUT2D eigenvalue weighted by molar-refractivity contribution is 7.91. The number of benzene rings is 1. The number of carboxylic acid groups (broad SMARTS) is 1. The molecule has 1 saturated heterocycles. The Morgan fingerprint density at radius 2 is 1.86 bits per heavy atom. The second-order valence-electron chi connectivity index (χ2n) is 17.3. The van der Waals surface area contributed by atoms with Crippen molar-refractivity contribution in [2.75, 3.05) is 6.54 Å². The van der Waals surface area contributed by atoms with Crippen LogP contribution < -0.4 is 14.8 Å². The number of imidazole rings is 1. The van der Waals surface area contributed by atoms with Crippen molar-refractivity contribution in [1.82, 2.24) is 34.2 Å². The number of sulfonamides is 1. The molecule has 3 N–H and O–H groups in total. The maximum Gasteiger partial charge on any atom is 0.411 e. The van der Waals surface area contributed by atoms with Gasteiger partial charge in [0, 0.05) is 29.8 Å². The van der Waals surface area contributed by atoms with Gasteiger partial charge in [-0.1, -0.05) is 37.6 Å². The lowest BCUT2D eigenvalue weighted by Gasteiger charge is -2.45. The molecule has 7 atom stereocenters. The van der Waals surface area contributed by atoms with Crippen molar-refractivity contribution in [1.29, 1.82) is 0 Å². The number of rotatable bonds is 7. The summed E-state index contributed by atoms with van der Waals surface area (Å²) in [4.78, 5) is 66.5. The highest BCUT2D eigenvalue weighted by Crippen LogP contribution is 2.48. The molecule has 59 heavy (non-hydrogen) atoms. The van der Waals surface area contributed by atoms with Gasteiger partial charge < -0.3 is 20.1 Å². The lowest BCUT2D eigenvalue weighted by molar-refractivity contribution is -0.222. The van der Waals surface area contributed by atoms with Gasteiger partial charge in [0.2, 0.25) is 33.5 Å². The molecule has 4 amide bonds. The molecule has 2 aromatic heterocycles. The van der Waals surface area contributed by atoms with Crippen molar-refractivity contribution in [2.45, 2.75) is 120 Å². The number of halogens is 4. The van der Waals surface area contributed by atoms with E-state index in [1.54, 1.807) is 40.9 Å². The molecule has 4 heterocycles. The highest BCUT2D eigenvalue weighted by atomic mass is 35.5. The number of carbonyl (C=O) groups is 4. The summed E-state index contributed by atoms with van der Waals surface area (Å²) < 4.78 is 79.8. The average Bonchev–Trinajstić information content (AvgIpc) is 3.92. The van der Waals surface area contributed by atoms with Crippen LogP contribution in [0.1, 0.15) is 79.6 Å². The number of hydrogen-bond donors (Lipinski definition) is 3. The number of ether oxygens (including phenoxy) is 1. The van der Waals surface area contributed by atoms with Gasteiger partial charge in [0.15, 0.2) is 0 Å². The monoisotopic (exact) mass is 865 g/mol. The lowest BCUT2D eigenvalue weighted by atomic mass is 9.85. The molecule has 7 rings (SSSR count). The SMILES string of the molecule is C[C@@H]1CCC=C[C@@H]2C[C@@]2(C(=O)NS(=O)(=O)C2(C)CC2)NC(=O)[C@@H]2C[C@@H](Oc3nc4nccn4c4ccc(Cl)cc34)CN2C(=O)[C@@H](N(C(=O)O)C(C)(C)C(F)(F)F)[C@H](C)C1. The fourth-order valence-corrected chi connectivity index (χ4v) is 9.92. The smallest absolute Gasteiger partial charge is 0.411 e. The standard InChI is InChI=1S/C39H47ClF3N7O8S/c1-21-8-6-7-9-23-19-38(23,33(53)47-59(56,57)37(5)12-13-37)46-30(51)28-18-25(58-31-26-17-24(40)10-11-27(26)48-15-14-44-34(48)45-31)20-49(28)32(52)29(22(2)16-21)50(35(54)55)36(3,4)39(41,42)43/h7,9-11,14-15,17,21-23,25,28-29H,6,8,12-13,16,18-20H2,1-5H3,(H,46,51)(H,47,53)(H,54,55)/t21-,22-,23-,25-,28+,29+,38-/m1/s1. The third kappa shape index (κ3) is 7.68. The van der Waals surface area contributed by atoms with Crippen LogP contribution in [-0.2, 0) is 24.4 Å². The van der Waals surface area contributed by atoms with Gasteiger partial charge in [-0.3, -0.25) is 28.4 Å². The van der Waals surface area contributed by atoms with Crippen LogP contribution in [0, 0.1) is 17.8 Å². The zero-order valence-electron chi connectivity index (χ0n) is 33.1. The van der Waals surface area contributed by atoms with Crippen molar-refractivity contribution < 1.29 is 50.6 Å². The molecule has 3 fully saturated rings. The third-order valence-electron chi connectivity index (χ3n) is 12.5. The van der Waals surface area contributed by atoms with E-state index in [1.807, 2.05) is 6.92 Å². The minimum Gasteiger partial charge on any atom is -0.472 e. The average molecular weight is 866 g/mol. The molecule has 2 aliphatic heterocycles. The minimum atomic E-state index is -5.11. The van der Waals surface area contributed by atoms with Gasteiger partial charge in [-0.25, -0.2) is 18.2 Å². The fraction of sp³-hybridized carbons (Fsp3) is 0.590. The molecule has 4 aliphatic rings. The Labute approximate surface area is 343 Å². The summed E-state index contributed by atoms with van der Waals surface area (Å²) in [5.41, 5.74) is -4.17. The molecular formula is C39H47ClF3N7O8S. The summed E-state index contributed by atoms with van der Waals surface area (Å²) in [6.45, 7) is 5.85. The normalized spacial score (nSPS) is 28.9. The number of carbonyl (C=O) groups excluding carboxylic acids is 3. The van der Waals surface area contributed by atoms with Gasteiger partial charge in [0.05, 0.1) is 22.2 Å². The molecule has 2 aliphatic carbocycles. The van der Waals surface area contributed by atoms with E-state index in [1.165, 1.54) is 20.0 Å². The first-order chi connectivity index (χ1) is 27.5. The minimum absolute atomic E-state index is 0.0351. The zero-order valence-corrected chi connectivity index (χ0v) is 34.7. The van der Waals surface area contributed by atoms with E-state index >= 15 is 4.79 Å². The topological polar surface area (TPSA) is 193 Å². The van der Waals surface area contributed by atoms with Crippen molar-refractivity contribution >= 4 is 62.1 Å². The van der Waals surface area contributed by atoms with Crippen LogP contribution in [0.4, 0.5) is 18.0 Å². The molecule has 0 spiro atoms. The summed E-state index contributed by atoms with van der Waals surface area (Å²) >= 11 is 6.36. The number of nitrogens with one attached hydrogen (secondary N) is 2. The molecule has 0 unspecified atom stereocenters. The van der Waals surface area contributed by atoms with Crippen LogP contribution in [0.3, 0.4) is 0 Å². The second-order valence-corrected chi connectivity index (χ2v) is 19.9. The predicted octanol–water partition coefficient (Wildman–Crippen LogP) is 5.46. The first-order valence-electron chi connectivity index (χ1n) is 19.5. The van der Waals surface area contributed by atoms with Gasteiger partial charge in [-0.05, 0) is 89.3 Å². The summed E-state index contributed by atoms with van der Waals surface area (Å²) in [6, 6.07) is 1.56. The van der Waals surface area contributed by atoms with E-state index in [4.69, 9.17) is 16.3 Å². The van der Waals surface area contributed by atoms with Crippen molar-refractivity contribution in [2.24, 2.45) is 17.8 Å². The molecular weight excluding hydrogens is 819 g/mol. The summed E-state index contributed by atoms with van der Waals surface area (Å²) in [7, 11) is -4.13. The maximum atomic E-state index is 15.1. The van der Waals surface area contributed by atoms with Gasteiger partial charge in [-0.2, -0.15) is 18.2 Å². The van der Waals surface area contributed by atoms with Crippen molar-refractivity contribution in [3.63, 3.8) is 0 Å². The Morgan fingerprint density at radius 3 is 2.53 bits per heavy atom. The number of aromatic nitrogens is 3. The lowest BCUT2D eigenvalue weighted by Crippen LogP contribution is -2.66. The molecule has 2 saturated carbocycles. The van der Waals surface area contributed by atoms with E-state index in [2.05, 4.69) is 20.0 Å². The Bertz CT molecular complexity index is 2350. The van der Waals surface area contributed by atoms with Gasteiger partial charge >= 0.3 is 12.3 Å². The number of allylic oxidation sites excluding steroid dienone is 1. The Balaban J connectivity index is 1.31. The quantitative estimate of drug-likeness (QED) is 0.257. The fourth-order valence-electron chi connectivity index (χ4n) is 8.44. The number of fused-ring (bicyclic) bond motifs is 5. The third-order valence-corrected chi connectivity index (χ3v) is 14.9. The molecule has 0 bridgehead atoms. The summed E-state index contributed by atoms with van der Waals surface area (Å²) in [5.74, 6) is -4.42. The maximum absolute atomic E-state index is 15.1. The molecule has 320 valence electrons. The number of alkyl halides is 3.